The van der Waals surface area contributed by atoms with E-state index >= 15 is 0 Å². The third kappa shape index (κ3) is 2.43. The minimum Gasteiger partial charge on any atom is -0.465 e. The van der Waals surface area contributed by atoms with Gasteiger partial charge in [-0.3, -0.25) is 4.79 Å². The topological polar surface area (TPSA) is 59.2 Å². The van der Waals surface area contributed by atoms with Crippen molar-refractivity contribution in [3.05, 3.63) is 57.3 Å². The molecule has 18 heavy (non-hydrogen) atoms. The Labute approximate surface area is 108 Å². The summed E-state index contributed by atoms with van der Waals surface area (Å²) in [6.45, 7) is 0. The number of methoxy groups -OCH3 is 1. The summed E-state index contributed by atoms with van der Waals surface area (Å²) in [6, 6.07) is 10.1. The molecule has 0 aliphatic carbocycles. The number of carbonyl (C=O) groups excluding carboxylic acids is 1. The van der Waals surface area contributed by atoms with E-state index in [0.29, 0.717) is 10.7 Å². The van der Waals surface area contributed by atoms with Gasteiger partial charge in [-0.15, -0.1) is 0 Å². The van der Waals surface area contributed by atoms with E-state index in [0.717, 1.165) is 5.56 Å². The number of H-pyrrole nitrogens is 1. The van der Waals surface area contributed by atoms with Crippen LogP contribution in [0.3, 0.4) is 0 Å². The number of ether oxygens (including phenoxy) is 1. The average Bonchev–Trinajstić information content (AvgIpc) is 2.38. The van der Waals surface area contributed by atoms with Crippen LogP contribution in [0.5, 0.6) is 0 Å². The Morgan fingerprint density at radius 3 is 2.39 bits per heavy atom. The van der Waals surface area contributed by atoms with Crippen molar-refractivity contribution in [2.24, 2.45) is 0 Å². The van der Waals surface area contributed by atoms with Crippen LogP contribution in [0, 0.1) is 0 Å². The van der Waals surface area contributed by atoms with Crippen LogP contribution in [-0.2, 0) is 4.74 Å². The summed E-state index contributed by atoms with van der Waals surface area (Å²) in [5.41, 5.74) is 0.932. The highest BCUT2D eigenvalue weighted by Crippen LogP contribution is 2.18. The van der Waals surface area contributed by atoms with Crippen LogP contribution in [0.15, 0.2) is 41.2 Å². The van der Waals surface area contributed by atoms with Crippen LogP contribution in [-0.4, -0.2) is 18.1 Å². The average molecular weight is 264 g/mol. The summed E-state index contributed by atoms with van der Waals surface area (Å²) in [4.78, 5) is 25.6. The minimum atomic E-state index is -0.654. The molecule has 0 aliphatic heterocycles. The molecule has 0 radical (unpaired) electrons. The monoisotopic (exact) mass is 263 g/mol. The van der Waals surface area contributed by atoms with Crippen LogP contribution in [0.2, 0.25) is 5.02 Å². The summed E-state index contributed by atoms with van der Waals surface area (Å²) < 4.78 is 4.50. The second-order valence-electron chi connectivity index (χ2n) is 3.61. The molecule has 0 bridgehead atoms. The number of benzene rings is 1. The fourth-order valence-electron chi connectivity index (χ4n) is 1.54. The lowest BCUT2D eigenvalue weighted by Gasteiger charge is -2.03. The summed E-state index contributed by atoms with van der Waals surface area (Å²) >= 11 is 5.78. The molecule has 2 rings (SSSR count). The van der Waals surface area contributed by atoms with Gasteiger partial charge in [-0.1, -0.05) is 23.7 Å². The zero-order valence-corrected chi connectivity index (χ0v) is 10.3. The van der Waals surface area contributed by atoms with Gasteiger partial charge in [0.1, 0.15) is 5.56 Å². The van der Waals surface area contributed by atoms with Gasteiger partial charge >= 0.3 is 5.97 Å². The first kappa shape index (κ1) is 12.4. The molecule has 0 amide bonds. The van der Waals surface area contributed by atoms with Crippen molar-refractivity contribution >= 4 is 17.6 Å². The standard InChI is InChI=1S/C13H10ClNO3/c1-18-13(17)10-6-7-11(15-12(10)16)8-2-4-9(14)5-3-8/h2-7H,1H3,(H,15,16). The largest absolute Gasteiger partial charge is 0.465 e. The molecule has 1 N–H and O–H groups in total. The molecule has 92 valence electrons. The Morgan fingerprint density at radius 2 is 1.83 bits per heavy atom. The van der Waals surface area contributed by atoms with E-state index in [2.05, 4.69) is 9.72 Å². The molecule has 0 atom stereocenters. The van der Waals surface area contributed by atoms with Crippen LogP contribution in [0.1, 0.15) is 10.4 Å². The molecule has 0 fully saturated rings. The maximum Gasteiger partial charge on any atom is 0.343 e. The van der Waals surface area contributed by atoms with Crippen LogP contribution < -0.4 is 5.56 Å². The highest BCUT2D eigenvalue weighted by Gasteiger charge is 2.11. The summed E-state index contributed by atoms with van der Waals surface area (Å²) in [5.74, 6) is -0.654. The Balaban J connectivity index is 2.43. The van der Waals surface area contributed by atoms with E-state index in [1.807, 2.05) is 0 Å². The zero-order chi connectivity index (χ0) is 13.1. The molecule has 2 aromatic rings. The third-order valence-electron chi connectivity index (χ3n) is 2.47. The first-order chi connectivity index (χ1) is 8.61. The predicted molar refractivity (Wildman–Crippen MR) is 68.8 cm³/mol. The van der Waals surface area contributed by atoms with Gasteiger partial charge < -0.3 is 9.72 Å². The Morgan fingerprint density at radius 1 is 1.17 bits per heavy atom. The first-order valence-corrected chi connectivity index (χ1v) is 5.57. The van der Waals surface area contributed by atoms with E-state index in [1.165, 1.54) is 13.2 Å². The number of aromatic nitrogens is 1. The van der Waals surface area contributed by atoms with E-state index in [1.54, 1.807) is 30.3 Å². The number of hydrogen-bond acceptors (Lipinski definition) is 3. The van der Waals surface area contributed by atoms with Gasteiger partial charge in [0.15, 0.2) is 0 Å². The number of halogens is 1. The van der Waals surface area contributed by atoms with E-state index < -0.39 is 11.5 Å². The molecule has 0 spiro atoms. The first-order valence-electron chi connectivity index (χ1n) is 5.19. The number of aromatic amines is 1. The van der Waals surface area contributed by atoms with Gasteiger partial charge in [0.05, 0.1) is 7.11 Å². The molecule has 0 saturated heterocycles. The van der Waals surface area contributed by atoms with Crippen molar-refractivity contribution in [3.8, 4) is 11.3 Å². The lowest BCUT2D eigenvalue weighted by molar-refractivity contribution is 0.0598. The molecular formula is C13H10ClNO3. The van der Waals surface area contributed by atoms with Gasteiger partial charge in [0, 0.05) is 10.7 Å². The van der Waals surface area contributed by atoms with E-state index in [9.17, 15) is 9.59 Å². The van der Waals surface area contributed by atoms with Gasteiger partial charge in [-0.05, 0) is 29.8 Å². The highest BCUT2D eigenvalue weighted by atomic mass is 35.5. The molecule has 0 unspecified atom stereocenters. The molecule has 1 aromatic heterocycles. The lowest BCUT2D eigenvalue weighted by Crippen LogP contribution is -2.18. The highest BCUT2D eigenvalue weighted by molar-refractivity contribution is 6.30. The van der Waals surface area contributed by atoms with Crippen molar-refractivity contribution in [1.29, 1.82) is 0 Å². The molecule has 0 saturated carbocycles. The van der Waals surface area contributed by atoms with Crippen molar-refractivity contribution in [1.82, 2.24) is 4.98 Å². The summed E-state index contributed by atoms with van der Waals surface area (Å²) in [7, 11) is 1.23. The van der Waals surface area contributed by atoms with Crippen molar-refractivity contribution in [2.75, 3.05) is 7.11 Å². The van der Waals surface area contributed by atoms with Crippen LogP contribution in [0.25, 0.3) is 11.3 Å². The number of carbonyl (C=O) groups is 1. The number of nitrogens with one attached hydrogen (secondary N) is 1. The molecular weight excluding hydrogens is 254 g/mol. The SMILES string of the molecule is COC(=O)c1ccc(-c2ccc(Cl)cc2)[nH]c1=O. The fourth-order valence-corrected chi connectivity index (χ4v) is 1.67. The Hall–Kier alpha value is -2.07. The smallest absolute Gasteiger partial charge is 0.343 e. The summed E-state index contributed by atoms with van der Waals surface area (Å²) in [6.07, 6.45) is 0. The quantitative estimate of drug-likeness (QED) is 0.847. The number of rotatable bonds is 2. The maximum atomic E-state index is 11.7. The van der Waals surface area contributed by atoms with Gasteiger partial charge in [0.2, 0.25) is 0 Å². The molecule has 0 aliphatic rings. The lowest BCUT2D eigenvalue weighted by atomic mass is 10.1. The molecule has 1 heterocycles. The third-order valence-corrected chi connectivity index (χ3v) is 2.72. The second kappa shape index (κ2) is 5.06. The van der Waals surface area contributed by atoms with Crippen molar-refractivity contribution in [2.45, 2.75) is 0 Å². The van der Waals surface area contributed by atoms with Crippen LogP contribution in [0.4, 0.5) is 0 Å². The normalized spacial score (nSPS) is 10.1. The maximum absolute atomic E-state index is 11.7. The van der Waals surface area contributed by atoms with Crippen molar-refractivity contribution < 1.29 is 9.53 Å². The predicted octanol–water partition coefficient (Wildman–Crippen LogP) is 2.48. The fraction of sp³-hybridized carbons (Fsp3) is 0.0769. The van der Waals surface area contributed by atoms with Gasteiger partial charge in [-0.2, -0.15) is 0 Å². The molecule has 1 aromatic carbocycles. The van der Waals surface area contributed by atoms with Crippen molar-refractivity contribution in [3.63, 3.8) is 0 Å². The van der Waals surface area contributed by atoms with Gasteiger partial charge in [-0.25, -0.2) is 4.79 Å². The Kier molecular flexibility index (Phi) is 3.48. The minimum absolute atomic E-state index is 0.0183. The molecule has 4 nitrogen and oxygen atoms in total. The Bertz CT molecular complexity index is 631. The van der Waals surface area contributed by atoms with Gasteiger partial charge in [0.25, 0.3) is 5.56 Å². The summed E-state index contributed by atoms with van der Waals surface area (Å²) in [5, 5.41) is 0.618. The van der Waals surface area contributed by atoms with Crippen LogP contribution >= 0.6 is 11.6 Å². The van der Waals surface area contributed by atoms with E-state index in [-0.39, 0.29) is 5.56 Å². The molecule has 5 heteroatoms. The number of hydrogen-bond donors (Lipinski definition) is 1. The van der Waals surface area contributed by atoms with E-state index in [4.69, 9.17) is 11.6 Å². The number of esters is 1. The second-order valence-corrected chi connectivity index (χ2v) is 4.05. The number of pyridine rings is 1. The zero-order valence-electron chi connectivity index (χ0n) is 9.57.